The maximum absolute atomic E-state index is 13.7. The Morgan fingerprint density at radius 2 is 2.04 bits per heavy atom. The van der Waals surface area contributed by atoms with Crippen molar-refractivity contribution >= 4 is 27.5 Å². The van der Waals surface area contributed by atoms with E-state index < -0.39 is 0 Å². The van der Waals surface area contributed by atoms with Gasteiger partial charge in [-0.3, -0.25) is 9.59 Å². The summed E-state index contributed by atoms with van der Waals surface area (Å²) in [6.07, 6.45) is 7.02. The highest BCUT2D eigenvalue weighted by Gasteiger charge is 2.47. The zero-order valence-corrected chi connectivity index (χ0v) is 17.4. The van der Waals surface area contributed by atoms with Gasteiger partial charge in [0.25, 0.3) is 11.5 Å². The molecular formula is C20H28N4O2S. The highest BCUT2D eigenvalue weighted by Crippen LogP contribution is 2.39. The lowest BCUT2D eigenvalue weighted by Crippen LogP contribution is -2.63. The summed E-state index contributed by atoms with van der Waals surface area (Å²) in [6, 6.07) is 0.401. The van der Waals surface area contributed by atoms with Gasteiger partial charge in [0.1, 0.15) is 4.83 Å². The summed E-state index contributed by atoms with van der Waals surface area (Å²) in [7, 11) is 3.89. The summed E-state index contributed by atoms with van der Waals surface area (Å²) >= 11 is 1.36. The van der Waals surface area contributed by atoms with Crippen molar-refractivity contribution in [1.82, 2.24) is 19.4 Å². The second-order valence-electron chi connectivity index (χ2n) is 8.31. The molecule has 4 heterocycles. The molecule has 2 aliphatic rings. The van der Waals surface area contributed by atoms with Crippen LogP contribution in [0, 0.1) is 6.92 Å². The summed E-state index contributed by atoms with van der Waals surface area (Å²) in [4.78, 5) is 36.5. The number of fused-ring (bicyclic) bond motifs is 2. The van der Waals surface area contributed by atoms with Crippen molar-refractivity contribution in [3.05, 3.63) is 27.1 Å². The predicted octanol–water partition coefficient (Wildman–Crippen LogP) is 2.78. The molecule has 0 aliphatic carbocycles. The van der Waals surface area contributed by atoms with Crippen LogP contribution < -0.4 is 5.56 Å². The average molecular weight is 389 g/mol. The Morgan fingerprint density at radius 1 is 1.26 bits per heavy atom. The van der Waals surface area contributed by atoms with Crippen molar-refractivity contribution in [2.75, 3.05) is 20.1 Å². The molecule has 4 rings (SSSR count). The minimum Gasteiger partial charge on any atom is -0.331 e. The van der Waals surface area contributed by atoms with E-state index in [0.29, 0.717) is 21.1 Å². The molecule has 1 amide bonds. The zero-order chi connectivity index (χ0) is 19.3. The van der Waals surface area contributed by atoms with Crippen LogP contribution in [0.2, 0.25) is 0 Å². The smallest absolute Gasteiger partial charge is 0.264 e. The standard InChI is InChI=1S/C20H28N4O2S/c1-13-15-17(21-12-23(4)18(15)25)27-16(13)19(26)24-11-6-5-8-14-20(24,2)9-7-10-22(14)3/h12,14H,5-11H2,1-4H3/t14-,20-/m0/s1. The number of thiophene rings is 1. The molecular weight excluding hydrogens is 360 g/mol. The van der Waals surface area contributed by atoms with Gasteiger partial charge >= 0.3 is 0 Å². The topological polar surface area (TPSA) is 58.4 Å². The summed E-state index contributed by atoms with van der Waals surface area (Å²) in [5.41, 5.74) is 0.550. The van der Waals surface area contributed by atoms with Gasteiger partial charge in [-0.05, 0) is 58.7 Å². The molecule has 0 spiro atoms. The molecule has 2 saturated heterocycles. The third-order valence-corrected chi connectivity index (χ3v) is 7.81. The van der Waals surface area contributed by atoms with Crippen molar-refractivity contribution in [3.8, 4) is 0 Å². The summed E-state index contributed by atoms with van der Waals surface area (Å²) < 4.78 is 1.48. The summed E-state index contributed by atoms with van der Waals surface area (Å²) in [5, 5.41) is 0.589. The van der Waals surface area contributed by atoms with Crippen molar-refractivity contribution in [1.29, 1.82) is 0 Å². The monoisotopic (exact) mass is 388 g/mol. The fraction of sp³-hybridized carbons (Fsp3) is 0.650. The van der Waals surface area contributed by atoms with Crippen LogP contribution in [-0.2, 0) is 7.05 Å². The van der Waals surface area contributed by atoms with Gasteiger partial charge in [0.05, 0.1) is 22.1 Å². The third kappa shape index (κ3) is 2.83. The Morgan fingerprint density at radius 3 is 2.81 bits per heavy atom. The number of aromatic nitrogens is 2. The van der Waals surface area contributed by atoms with E-state index in [0.717, 1.165) is 50.8 Å². The minimum atomic E-state index is -0.151. The zero-order valence-electron chi connectivity index (χ0n) is 16.6. The number of rotatable bonds is 1. The number of carbonyl (C=O) groups excluding carboxylic acids is 1. The van der Waals surface area contributed by atoms with E-state index in [1.807, 2.05) is 6.92 Å². The van der Waals surface area contributed by atoms with Gasteiger partial charge in [0.2, 0.25) is 0 Å². The number of hydrogen-bond acceptors (Lipinski definition) is 5. The van der Waals surface area contributed by atoms with Crippen molar-refractivity contribution in [3.63, 3.8) is 0 Å². The van der Waals surface area contributed by atoms with Crippen LogP contribution in [0.5, 0.6) is 0 Å². The molecule has 2 atom stereocenters. The Kier molecular flexibility index (Phi) is 4.63. The van der Waals surface area contributed by atoms with Gasteiger partial charge in [0, 0.05) is 19.6 Å². The first-order chi connectivity index (χ1) is 12.8. The molecule has 27 heavy (non-hydrogen) atoms. The van der Waals surface area contributed by atoms with E-state index in [-0.39, 0.29) is 17.0 Å². The summed E-state index contributed by atoms with van der Waals surface area (Å²) in [5.74, 6) is 0.0715. The van der Waals surface area contributed by atoms with E-state index in [1.165, 1.54) is 22.2 Å². The lowest BCUT2D eigenvalue weighted by atomic mass is 9.80. The molecule has 0 unspecified atom stereocenters. The Balaban J connectivity index is 1.79. The molecule has 0 saturated carbocycles. The second kappa shape index (κ2) is 6.71. The highest BCUT2D eigenvalue weighted by atomic mass is 32.1. The third-order valence-electron chi connectivity index (χ3n) is 6.62. The molecule has 7 heteroatoms. The first kappa shape index (κ1) is 18.6. The fourth-order valence-corrected chi connectivity index (χ4v) is 6.15. The minimum absolute atomic E-state index is 0.0715. The molecule has 0 N–H and O–H groups in total. The van der Waals surface area contributed by atoms with Crippen molar-refractivity contribution < 1.29 is 4.79 Å². The van der Waals surface area contributed by atoms with Crippen LogP contribution in [-0.4, -0.2) is 57.0 Å². The second-order valence-corrected chi connectivity index (χ2v) is 9.31. The quantitative estimate of drug-likeness (QED) is 0.754. The van der Waals surface area contributed by atoms with Gasteiger partial charge in [-0.2, -0.15) is 0 Å². The van der Waals surface area contributed by atoms with Gasteiger partial charge < -0.3 is 14.4 Å². The molecule has 146 valence electrons. The average Bonchev–Trinajstić information content (AvgIpc) is 2.85. The number of nitrogens with zero attached hydrogens (tertiary/aromatic N) is 4. The summed E-state index contributed by atoms with van der Waals surface area (Å²) in [6.45, 7) is 6.04. The molecule has 2 fully saturated rings. The molecule has 0 bridgehead atoms. The molecule has 2 aromatic rings. The Labute approximate surface area is 163 Å². The first-order valence-electron chi connectivity index (χ1n) is 9.81. The maximum Gasteiger partial charge on any atom is 0.264 e. The number of aryl methyl sites for hydroxylation is 2. The van der Waals surface area contributed by atoms with E-state index >= 15 is 0 Å². The Hall–Kier alpha value is -1.73. The Bertz CT molecular complexity index is 949. The lowest BCUT2D eigenvalue weighted by Gasteiger charge is -2.51. The van der Waals surface area contributed by atoms with Crippen molar-refractivity contribution in [2.45, 2.75) is 57.5 Å². The maximum atomic E-state index is 13.7. The van der Waals surface area contributed by atoms with Crippen LogP contribution >= 0.6 is 11.3 Å². The molecule has 2 aromatic heterocycles. The number of carbonyl (C=O) groups is 1. The number of likely N-dealkylation sites (tertiary alicyclic amines) is 2. The van der Waals surface area contributed by atoms with Gasteiger partial charge in [-0.1, -0.05) is 6.42 Å². The molecule has 2 aliphatic heterocycles. The van der Waals surface area contributed by atoms with E-state index in [2.05, 4.69) is 28.8 Å². The van der Waals surface area contributed by atoms with E-state index in [4.69, 9.17) is 0 Å². The molecule has 0 aromatic carbocycles. The van der Waals surface area contributed by atoms with Crippen LogP contribution in [0.4, 0.5) is 0 Å². The van der Waals surface area contributed by atoms with Crippen LogP contribution in [0.25, 0.3) is 10.2 Å². The van der Waals surface area contributed by atoms with Crippen LogP contribution in [0.1, 0.15) is 54.3 Å². The van der Waals surface area contributed by atoms with Crippen LogP contribution in [0.3, 0.4) is 0 Å². The normalized spacial score (nSPS) is 26.8. The van der Waals surface area contributed by atoms with Crippen LogP contribution in [0.15, 0.2) is 11.1 Å². The van der Waals surface area contributed by atoms with Crippen molar-refractivity contribution in [2.24, 2.45) is 7.05 Å². The molecule has 6 nitrogen and oxygen atoms in total. The molecule has 0 radical (unpaired) electrons. The largest absolute Gasteiger partial charge is 0.331 e. The number of amides is 1. The van der Waals surface area contributed by atoms with Gasteiger partial charge in [0.15, 0.2) is 0 Å². The first-order valence-corrected chi connectivity index (χ1v) is 10.6. The predicted molar refractivity (Wildman–Crippen MR) is 109 cm³/mol. The van der Waals surface area contributed by atoms with E-state index in [1.54, 1.807) is 7.05 Å². The van der Waals surface area contributed by atoms with Gasteiger partial charge in [-0.25, -0.2) is 4.98 Å². The lowest BCUT2D eigenvalue weighted by molar-refractivity contribution is -0.00355. The van der Waals surface area contributed by atoms with Gasteiger partial charge in [-0.15, -0.1) is 11.3 Å². The fourth-order valence-electron chi connectivity index (χ4n) is 5.06. The number of piperidine rings is 1. The highest BCUT2D eigenvalue weighted by molar-refractivity contribution is 7.20. The van der Waals surface area contributed by atoms with E-state index in [9.17, 15) is 9.59 Å². The SMILES string of the molecule is Cc1c(C(=O)N2CCCC[C@@H]3N(C)CCC[C@@]32C)sc2ncn(C)c(=O)c12. The number of hydrogen-bond donors (Lipinski definition) is 0. The number of likely N-dealkylation sites (N-methyl/N-ethyl adjacent to an activating group) is 1.